The predicted molar refractivity (Wildman–Crippen MR) is 158 cm³/mol. The van der Waals surface area contributed by atoms with Crippen LogP contribution < -0.4 is 5.73 Å². The molecule has 37 heavy (non-hydrogen) atoms. The van der Waals surface area contributed by atoms with Crippen molar-refractivity contribution in [2.45, 2.75) is 93.2 Å². The molecule has 0 amide bonds. The monoisotopic (exact) mass is 538 g/mol. The third-order valence-electron chi connectivity index (χ3n) is 6.29. The van der Waals surface area contributed by atoms with Crippen LogP contribution >= 0.6 is 9.24 Å². The third kappa shape index (κ3) is 12.4. The molecule has 4 nitrogen and oxygen atoms in total. The second-order valence-corrected chi connectivity index (χ2v) is 10.0. The van der Waals surface area contributed by atoms with Crippen molar-refractivity contribution < 1.29 is 18.7 Å². The van der Waals surface area contributed by atoms with Crippen LogP contribution in [0.1, 0.15) is 98.6 Å². The van der Waals surface area contributed by atoms with Gasteiger partial charge in [-0.15, -0.1) is 0 Å². The molecule has 1 aliphatic heterocycles. The highest BCUT2D eigenvalue weighted by molar-refractivity contribution is 7.17. The molecule has 7 heteroatoms. The maximum atomic E-state index is 13.5. The fourth-order valence-corrected chi connectivity index (χ4v) is 4.15. The third-order valence-corrected chi connectivity index (χ3v) is 6.63. The van der Waals surface area contributed by atoms with Gasteiger partial charge >= 0.3 is 0 Å². The molecule has 1 heterocycles. The van der Waals surface area contributed by atoms with Crippen LogP contribution in [0.4, 0.5) is 8.78 Å². The number of likely N-dealkylation sites (tertiary alicyclic amines) is 1. The van der Waals surface area contributed by atoms with E-state index in [9.17, 15) is 18.7 Å². The van der Waals surface area contributed by atoms with Crippen LogP contribution in [0.5, 0.6) is 5.75 Å². The first-order valence-corrected chi connectivity index (χ1v) is 13.9. The van der Waals surface area contributed by atoms with Crippen LogP contribution in [-0.4, -0.2) is 35.4 Å². The van der Waals surface area contributed by atoms with Crippen molar-refractivity contribution in [2.75, 3.05) is 19.6 Å². The number of phenolic OH excluding ortho intramolecular Hbond substituents is 1. The van der Waals surface area contributed by atoms with E-state index in [1.165, 1.54) is 34.6 Å². The second kappa shape index (κ2) is 17.5. The molecular weight excluding hydrogens is 489 g/mol. The number of ketones is 1. The van der Waals surface area contributed by atoms with Crippen molar-refractivity contribution in [1.29, 1.82) is 0 Å². The minimum Gasteiger partial charge on any atom is -0.507 e. The molecule has 1 fully saturated rings. The van der Waals surface area contributed by atoms with Gasteiger partial charge in [0, 0.05) is 16.8 Å². The summed E-state index contributed by atoms with van der Waals surface area (Å²) in [4.78, 5) is 12.9. The Balaban J connectivity index is 0.000000894. The summed E-state index contributed by atoms with van der Waals surface area (Å²) >= 11 is 0. The highest BCUT2D eigenvalue weighted by Crippen LogP contribution is 2.40. The molecule has 1 aromatic rings. The molecule has 1 aliphatic rings. The first kappa shape index (κ1) is 35.0. The molecule has 0 aliphatic carbocycles. The van der Waals surface area contributed by atoms with Gasteiger partial charge in [-0.25, -0.2) is 0 Å². The normalized spacial score (nSPS) is 15.9. The van der Waals surface area contributed by atoms with Crippen molar-refractivity contribution in [1.82, 2.24) is 4.90 Å². The Bertz CT molecular complexity index is 957. The van der Waals surface area contributed by atoms with Gasteiger partial charge in [-0.3, -0.25) is 9.69 Å². The van der Waals surface area contributed by atoms with Gasteiger partial charge in [-0.05, 0) is 89.8 Å². The summed E-state index contributed by atoms with van der Waals surface area (Å²) in [5.74, 6) is 0.131. The molecule has 1 unspecified atom stereocenters. The number of Topliss-reactive ketones (excluding diaryl/α,β-unsaturated/α-hetero) is 1. The number of piperidine rings is 1. The molecule has 0 aromatic heterocycles. The molecule has 1 atom stereocenters. The minimum absolute atomic E-state index is 0.162. The van der Waals surface area contributed by atoms with Gasteiger partial charge in [-0.1, -0.05) is 66.6 Å². The Labute approximate surface area is 226 Å². The smallest absolute Gasteiger partial charge is 0.284 e. The van der Waals surface area contributed by atoms with Gasteiger partial charge in [0.05, 0.1) is 6.54 Å². The number of carbonyl (C=O) groups is 1. The minimum atomic E-state index is -3.07. The molecule has 0 spiro atoms. The zero-order valence-electron chi connectivity index (χ0n) is 24.2. The Morgan fingerprint density at radius 2 is 1.59 bits per heavy atom. The van der Waals surface area contributed by atoms with E-state index in [0.29, 0.717) is 23.6 Å². The lowest BCUT2D eigenvalue weighted by atomic mass is 9.91. The topological polar surface area (TPSA) is 66.6 Å². The van der Waals surface area contributed by atoms with Crippen LogP contribution in [0.2, 0.25) is 0 Å². The highest BCUT2D eigenvalue weighted by atomic mass is 31.0. The Morgan fingerprint density at radius 1 is 1.05 bits per heavy atom. The van der Waals surface area contributed by atoms with Crippen molar-refractivity contribution in [3.8, 4) is 5.75 Å². The number of nitrogens with zero attached hydrogens (tertiary/aromatic N) is 1. The van der Waals surface area contributed by atoms with Gasteiger partial charge in [0.15, 0.2) is 0 Å². The van der Waals surface area contributed by atoms with E-state index >= 15 is 0 Å². The van der Waals surface area contributed by atoms with Crippen molar-refractivity contribution in [3.63, 3.8) is 0 Å². The van der Waals surface area contributed by atoms with E-state index < -0.39 is 5.66 Å². The number of benzene rings is 1. The van der Waals surface area contributed by atoms with Crippen LogP contribution in [0.25, 0.3) is 5.57 Å². The van der Waals surface area contributed by atoms with Crippen molar-refractivity contribution in [2.24, 2.45) is 5.73 Å². The van der Waals surface area contributed by atoms with Crippen LogP contribution in [0, 0.1) is 0 Å². The standard InChI is InChI=1S/C20H28F2NOP.C8H15NO.C2H6/c1-6-12(3)17(23)10-14(5)19(13(4)7-2)16-9-8-15(11-18(16)24)20(21,22)25;1-8(10)7-9-5-3-2-4-6-9;1-2/h8-11,24H,6-7,23,25H2,1-5H3;2-7H2,1H3;1-2H3/b14-10-,17-12-,19-13?;;. The average molecular weight is 539 g/mol. The molecule has 0 saturated carbocycles. The zero-order chi connectivity index (χ0) is 28.8. The van der Waals surface area contributed by atoms with Gasteiger partial charge in [0.25, 0.3) is 5.66 Å². The van der Waals surface area contributed by atoms with Crippen LogP contribution in [-0.2, 0) is 10.5 Å². The lowest BCUT2D eigenvalue weighted by Gasteiger charge is -2.24. The van der Waals surface area contributed by atoms with Crippen molar-refractivity contribution >= 4 is 20.6 Å². The average Bonchev–Trinajstić information content (AvgIpc) is 2.85. The lowest BCUT2D eigenvalue weighted by molar-refractivity contribution is -0.118. The summed E-state index contributed by atoms with van der Waals surface area (Å²) < 4.78 is 26.9. The first-order chi connectivity index (χ1) is 17.3. The maximum Gasteiger partial charge on any atom is 0.284 e. The largest absolute Gasteiger partial charge is 0.507 e. The molecular formula is C30H49F2N2O2P. The van der Waals surface area contributed by atoms with Gasteiger partial charge in [-0.2, -0.15) is 8.78 Å². The SMILES string of the molecule is CC.CC(=O)CN1CCCCC1.CCC(C)=C(/C(C)=C\C(N)=C(/C)CC)c1ccc(C(F)(F)P)cc1O. The van der Waals surface area contributed by atoms with E-state index in [4.69, 9.17) is 5.73 Å². The zero-order valence-corrected chi connectivity index (χ0v) is 25.3. The van der Waals surface area contributed by atoms with Crippen LogP contribution in [0.15, 0.2) is 46.7 Å². The molecule has 1 saturated heterocycles. The van der Waals surface area contributed by atoms with Crippen molar-refractivity contribution in [3.05, 3.63) is 57.8 Å². The van der Waals surface area contributed by atoms with Gasteiger partial charge in [0.1, 0.15) is 11.5 Å². The maximum absolute atomic E-state index is 13.5. The highest BCUT2D eigenvalue weighted by Gasteiger charge is 2.26. The number of hydrogen-bond donors (Lipinski definition) is 2. The van der Waals surface area contributed by atoms with Gasteiger partial charge in [0.2, 0.25) is 0 Å². The number of carbonyl (C=O) groups excluding carboxylic acids is 1. The summed E-state index contributed by atoms with van der Waals surface area (Å²) in [6, 6.07) is 4.00. The van der Waals surface area contributed by atoms with Crippen LogP contribution in [0.3, 0.4) is 0 Å². The number of hydrogen-bond acceptors (Lipinski definition) is 4. The molecule has 0 bridgehead atoms. The molecule has 1 aromatic carbocycles. The fraction of sp³-hybridized carbons (Fsp3) is 0.567. The number of halogens is 2. The number of phenols is 1. The second-order valence-electron chi connectivity index (χ2n) is 9.32. The van der Waals surface area contributed by atoms with Gasteiger partial charge < -0.3 is 10.8 Å². The number of allylic oxidation sites excluding steroid dienone is 5. The van der Waals surface area contributed by atoms with E-state index in [1.807, 2.05) is 54.5 Å². The number of alkyl halides is 2. The summed E-state index contributed by atoms with van der Waals surface area (Å²) in [6.07, 6.45) is 7.39. The quantitative estimate of drug-likeness (QED) is 0.259. The summed E-state index contributed by atoms with van der Waals surface area (Å²) in [7, 11) is 1.49. The molecule has 210 valence electrons. The van der Waals surface area contributed by atoms with E-state index in [-0.39, 0.29) is 11.3 Å². The first-order valence-electron chi connectivity index (χ1n) is 13.4. The summed E-state index contributed by atoms with van der Waals surface area (Å²) in [5.41, 5.74) is 7.89. The number of aromatic hydroxyl groups is 1. The van der Waals surface area contributed by atoms with E-state index in [2.05, 4.69) is 4.90 Å². The molecule has 3 N–H and O–H groups in total. The Morgan fingerprint density at radius 3 is 2.03 bits per heavy atom. The molecule has 2 rings (SSSR count). The Kier molecular flexibility index (Phi) is 16.5. The van der Waals surface area contributed by atoms with E-state index in [0.717, 1.165) is 54.3 Å². The number of nitrogens with two attached hydrogens (primary N) is 1. The fourth-order valence-electron chi connectivity index (χ4n) is 3.97. The Hall–Kier alpha value is -2.04. The lowest BCUT2D eigenvalue weighted by Crippen LogP contribution is -2.33. The number of rotatable bonds is 8. The molecule has 0 radical (unpaired) electrons. The predicted octanol–water partition coefficient (Wildman–Crippen LogP) is 8.18. The van der Waals surface area contributed by atoms with E-state index in [1.54, 1.807) is 13.0 Å². The summed E-state index contributed by atoms with van der Waals surface area (Å²) in [5, 5.41) is 10.4. The summed E-state index contributed by atoms with van der Waals surface area (Å²) in [6.45, 7) is 18.5.